The number of nitrogens with zero attached hydrogens (tertiary/aromatic N) is 2. The van der Waals surface area contributed by atoms with Crippen molar-refractivity contribution in [1.29, 1.82) is 0 Å². The summed E-state index contributed by atoms with van der Waals surface area (Å²) in [6.45, 7) is 7.36. The Balaban J connectivity index is 1.76. The lowest BCUT2D eigenvalue weighted by Gasteiger charge is -2.12. The minimum absolute atomic E-state index is 0.388. The average molecular weight is 443 g/mol. The summed E-state index contributed by atoms with van der Waals surface area (Å²) < 4.78 is 16.7. The first-order chi connectivity index (χ1) is 15.6. The van der Waals surface area contributed by atoms with Gasteiger partial charge in [0.05, 0.1) is 19.0 Å². The van der Waals surface area contributed by atoms with Crippen molar-refractivity contribution in [2.45, 2.75) is 84.7 Å². The lowest BCUT2D eigenvalue weighted by Crippen LogP contribution is -2.26. The Hall–Kier alpha value is -2.47. The fraction of sp³-hybridized carbons (Fsp3) is 0.577. The van der Waals surface area contributed by atoms with E-state index in [0.29, 0.717) is 30.5 Å². The zero-order valence-corrected chi connectivity index (χ0v) is 19.8. The van der Waals surface area contributed by atoms with E-state index >= 15 is 0 Å². The quantitative estimate of drug-likeness (QED) is 0.171. The molecule has 0 saturated heterocycles. The van der Waals surface area contributed by atoms with Crippen molar-refractivity contribution in [1.82, 2.24) is 9.97 Å². The molecule has 2 rings (SSSR count). The molecule has 0 spiro atoms. The fourth-order valence-electron chi connectivity index (χ4n) is 3.16. The Labute approximate surface area is 192 Å². The smallest absolute Gasteiger partial charge is 0.340 e. The van der Waals surface area contributed by atoms with E-state index in [1.807, 2.05) is 12.1 Å². The molecule has 176 valence electrons. The summed E-state index contributed by atoms with van der Waals surface area (Å²) in [4.78, 5) is 21.0. The molecule has 0 bridgehead atoms. The molecule has 1 heterocycles. The van der Waals surface area contributed by atoms with Crippen molar-refractivity contribution in [2.75, 3.05) is 13.2 Å². The summed E-state index contributed by atoms with van der Waals surface area (Å²) in [5.74, 6) is 1.37. The molecule has 0 aliphatic carbocycles. The number of benzene rings is 1. The lowest BCUT2D eigenvalue weighted by molar-refractivity contribution is -0.146. The molecule has 6 heteroatoms. The second kappa shape index (κ2) is 15.4. The van der Waals surface area contributed by atoms with Crippen molar-refractivity contribution in [3.05, 3.63) is 36.7 Å². The van der Waals surface area contributed by atoms with Gasteiger partial charge in [0.2, 0.25) is 0 Å². The first kappa shape index (κ1) is 25.8. The first-order valence-corrected chi connectivity index (χ1v) is 12.0. The van der Waals surface area contributed by atoms with Crippen LogP contribution in [0.4, 0.5) is 0 Å². The third-order valence-electron chi connectivity index (χ3n) is 5.17. The van der Waals surface area contributed by atoms with Gasteiger partial charge in [-0.25, -0.2) is 14.8 Å². The molecule has 6 nitrogen and oxygen atoms in total. The number of carbonyl (C=O) groups is 1. The van der Waals surface area contributed by atoms with Crippen molar-refractivity contribution in [3.63, 3.8) is 0 Å². The third kappa shape index (κ3) is 9.77. The number of hydrogen-bond acceptors (Lipinski definition) is 6. The van der Waals surface area contributed by atoms with Gasteiger partial charge in [-0.3, -0.25) is 0 Å². The number of rotatable bonds is 16. The zero-order chi connectivity index (χ0) is 23.0. The Kier molecular flexibility index (Phi) is 12.4. The Morgan fingerprint density at radius 1 is 0.812 bits per heavy atom. The molecule has 0 N–H and O–H groups in total. The standard InChI is InChI=1S/C26H38N2O4/c1-4-6-8-10-12-18-31-24-19-27-25(28-20-24)22-13-15-23(16-14-22)32-26(29)21(3)30-17-11-9-7-5-2/h13-16,19-21H,4-12,17-18H2,1-3H3. The van der Waals surface area contributed by atoms with Gasteiger partial charge in [-0.15, -0.1) is 0 Å². The zero-order valence-electron chi connectivity index (χ0n) is 19.8. The molecule has 2 aromatic rings. The number of aromatic nitrogens is 2. The average Bonchev–Trinajstić information content (AvgIpc) is 2.82. The molecule has 1 unspecified atom stereocenters. The molecule has 0 saturated carbocycles. The molecular formula is C26H38N2O4. The number of carbonyl (C=O) groups excluding carboxylic acids is 1. The van der Waals surface area contributed by atoms with Crippen LogP contribution in [0.5, 0.6) is 11.5 Å². The Bertz CT molecular complexity index is 762. The predicted octanol–water partition coefficient (Wildman–Crippen LogP) is 6.38. The highest BCUT2D eigenvalue weighted by molar-refractivity contribution is 5.77. The van der Waals surface area contributed by atoms with Crippen LogP contribution in [0, 0.1) is 0 Å². The maximum Gasteiger partial charge on any atom is 0.340 e. The minimum Gasteiger partial charge on any atom is -0.490 e. The van der Waals surface area contributed by atoms with E-state index in [2.05, 4.69) is 23.8 Å². The molecule has 0 radical (unpaired) electrons. The number of hydrogen-bond donors (Lipinski definition) is 0. The van der Waals surface area contributed by atoms with E-state index in [1.54, 1.807) is 31.5 Å². The van der Waals surface area contributed by atoms with E-state index < -0.39 is 6.10 Å². The Morgan fingerprint density at radius 2 is 1.41 bits per heavy atom. The monoisotopic (exact) mass is 442 g/mol. The van der Waals surface area contributed by atoms with Crippen molar-refractivity contribution in [2.24, 2.45) is 0 Å². The molecular weight excluding hydrogens is 404 g/mol. The summed E-state index contributed by atoms with van der Waals surface area (Å²) in [7, 11) is 0. The molecule has 1 aromatic heterocycles. The van der Waals surface area contributed by atoms with Crippen LogP contribution in [0.3, 0.4) is 0 Å². The first-order valence-electron chi connectivity index (χ1n) is 12.0. The van der Waals surface area contributed by atoms with Crippen LogP contribution in [0.1, 0.15) is 78.6 Å². The van der Waals surface area contributed by atoms with Gasteiger partial charge < -0.3 is 14.2 Å². The van der Waals surface area contributed by atoms with E-state index in [4.69, 9.17) is 14.2 Å². The van der Waals surface area contributed by atoms with Gasteiger partial charge in [0.25, 0.3) is 0 Å². The number of unbranched alkanes of at least 4 members (excludes halogenated alkanes) is 7. The van der Waals surface area contributed by atoms with Gasteiger partial charge in [0.15, 0.2) is 17.7 Å². The van der Waals surface area contributed by atoms with Crippen LogP contribution in [0.15, 0.2) is 36.7 Å². The highest BCUT2D eigenvalue weighted by atomic mass is 16.6. The second-order valence-electron chi connectivity index (χ2n) is 8.02. The van der Waals surface area contributed by atoms with E-state index in [1.165, 1.54) is 38.5 Å². The van der Waals surface area contributed by atoms with Crippen molar-refractivity contribution >= 4 is 5.97 Å². The van der Waals surface area contributed by atoms with Crippen LogP contribution >= 0.6 is 0 Å². The van der Waals surface area contributed by atoms with Crippen LogP contribution in [-0.4, -0.2) is 35.3 Å². The fourth-order valence-corrected chi connectivity index (χ4v) is 3.16. The summed E-state index contributed by atoms with van der Waals surface area (Å²) in [6.07, 6.45) is 13.3. The molecule has 32 heavy (non-hydrogen) atoms. The molecule has 0 fully saturated rings. The van der Waals surface area contributed by atoms with Crippen LogP contribution < -0.4 is 9.47 Å². The molecule has 0 aliphatic heterocycles. The van der Waals surface area contributed by atoms with E-state index in [9.17, 15) is 4.79 Å². The molecule has 1 atom stereocenters. The maximum absolute atomic E-state index is 12.2. The van der Waals surface area contributed by atoms with Crippen molar-refractivity contribution in [3.8, 4) is 22.9 Å². The predicted molar refractivity (Wildman–Crippen MR) is 127 cm³/mol. The topological polar surface area (TPSA) is 70.5 Å². The third-order valence-corrected chi connectivity index (χ3v) is 5.17. The Morgan fingerprint density at radius 3 is 2.06 bits per heavy atom. The maximum atomic E-state index is 12.2. The largest absolute Gasteiger partial charge is 0.490 e. The van der Waals surface area contributed by atoms with Gasteiger partial charge in [0, 0.05) is 12.2 Å². The van der Waals surface area contributed by atoms with E-state index in [-0.39, 0.29) is 5.97 Å². The highest BCUT2D eigenvalue weighted by Gasteiger charge is 2.16. The second-order valence-corrected chi connectivity index (χ2v) is 8.02. The van der Waals surface area contributed by atoms with Gasteiger partial charge in [-0.1, -0.05) is 58.8 Å². The van der Waals surface area contributed by atoms with Crippen molar-refractivity contribution < 1.29 is 19.0 Å². The van der Waals surface area contributed by atoms with Gasteiger partial charge in [-0.05, 0) is 44.0 Å². The minimum atomic E-state index is -0.584. The van der Waals surface area contributed by atoms with Crippen LogP contribution in [0.25, 0.3) is 11.4 Å². The highest BCUT2D eigenvalue weighted by Crippen LogP contribution is 2.21. The molecule has 0 amide bonds. The lowest BCUT2D eigenvalue weighted by atomic mass is 10.2. The number of esters is 1. The summed E-state index contributed by atoms with van der Waals surface area (Å²) in [6, 6.07) is 7.15. The summed E-state index contributed by atoms with van der Waals surface area (Å²) >= 11 is 0. The van der Waals surface area contributed by atoms with Crippen LogP contribution in [-0.2, 0) is 9.53 Å². The molecule has 1 aromatic carbocycles. The normalized spacial score (nSPS) is 11.8. The summed E-state index contributed by atoms with van der Waals surface area (Å²) in [5, 5.41) is 0. The van der Waals surface area contributed by atoms with E-state index in [0.717, 1.165) is 24.8 Å². The SMILES string of the molecule is CCCCCCCOc1cnc(-c2ccc(OC(=O)C(C)OCCCCCC)cc2)nc1. The van der Waals surface area contributed by atoms with Gasteiger partial charge in [-0.2, -0.15) is 0 Å². The van der Waals surface area contributed by atoms with Gasteiger partial charge in [0.1, 0.15) is 5.75 Å². The molecule has 0 aliphatic rings. The summed E-state index contributed by atoms with van der Waals surface area (Å²) in [5.41, 5.74) is 0.844. The van der Waals surface area contributed by atoms with Crippen LogP contribution in [0.2, 0.25) is 0 Å². The number of ether oxygens (including phenoxy) is 3. The van der Waals surface area contributed by atoms with Gasteiger partial charge >= 0.3 is 5.97 Å².